The third-order valence-corrected chi connectivity index (χ3v) is 4.56. The number of hydrogen-bond donors (Lipinski definition) is 1. The molecule has 0 amide bonds. The second-order valence-electron chi connectivity index (χ2n) is 5.94. The number of methoxy groups -OCH3 is 3. The minimum atomic E-state index is 0.155. The number of aromatic amines is 1. The molecular formula is C19H18N4O5S. The predicted octanol–water partition coefficient (Wildman–Crippen LogP) is 3.24. The maximum absolute atomic E-state index is 5.45. The van der Waals surface area contributed by atoms with E-state index in [0.717, 1.165) is 11.1 Å². The Bertz CT molecular complexity index is 1140. The molecule has 0 bridgehead atoms. The molecule has 9 nitrogen and oxygen atoms in total. The number of hydrogen-bond acceptors (Lipinski definition) is 8. The average Bonchev–Trinajstić information content (AvgIpc) is 3.37. The minimum Gasteiger partial charge on any atom is -0.493 e. The van der Waals surface area contributed by atoms with Gasteiger partial charge in [0.2, 0.25) is 17.3 Å². The first kappa shape index (κ1) is 18.8. The predicted molar refractivity (Wildman–Crippen MR) is 108 cm³/mol. The van der Waals surface area contributed by atoms with Gasteiger partial charge >= 0.3 is 0 Å². The highest BCUT2D eigenvalue weighted by Gasteiger charge is 2.20. The number of rotatable bonds is 6. The van der Waals surface area contributed by atoms with Crippen LogP contribution in [0.4, 0.5) is 0 Å². The van der Waals surface area contributed by atoms with E-state index in [1.807, 2.05) is 12.1 Å². The number of ether oxygens (including phenoxy) is 5. The molecule has 0 unspecified atom stereocenters. The first-order valence-electron chi connectivity index (χ1n) is 8.56. The van der Waals surface area contributed by atoms with Crippen LogP contribution in [0.15, 0.2) is 35.4 Å². The molecule has 150 valence electrons. The van der Waals surface area contributed by atoms with E-state index in [-0.39, 0.29) is 6.79 Å². The average molecular weight is 414 g/mol. The van der Waals surface area contributed by atoms with Crippen LogP contribution >= 0.6 is 12.2 Å². The molecule has 2 heterocycles. The van der Waals surface area contributed by atoms with Crippen LogP contribution < -0.4 is 23.7 Å². The molecule has 0 spiro atoms. The quantitative estimate of drug-likeness (QED) is 0.489. The lowest BCUT2D eigenvalue weighted by Crippen LogP contribution is -1.97. The molecule has 1 aliphatic heterocycles. The molecule has 1 aliphatic rings. The molecule has 0 fully saturated rings. The van der Waals surface area contributed by atoms with E-state index in [9.17, 15) is 0 Å². The van der Waals surface area contributed by atoms with Gasteiger partial charge in [0.25, 0.3) is 0 Å². The normalized spacial score (nSPS) is 12.4. The summed E-state index contributed by atoms with van der Waals surface area (Å²) in [5.41, 5.74) is 1.52. The van der Waals surface area contributed by atoms with Gasteiger partial charge in [0, 0.05) is 11.1 Å². The van der Waals surface area contributed by atoms with Crippen LogP contribution in [-0.4, -0.2) is 49.2 Å². The number of H-pyrrole nitrogens is 1. The Balaban J connectivity index is 1.71. The Kier molecular flexibility index (Phi) is 5.09. The zero-order chi connectivity index (χ0) is 20.4. The lowest BCUT2D eigenvalue weighted by molar-refractivity contribution is 0.171. The van der Waals surface area contributed by atoms with Gasteiger partial charge in [-0.05, 0) is 42.5 Å². The van der Waals surface area contributed by atoms with Crippen molar-refractivity contribution >= 4 is 18.4 Å². The monoisotopic (exact) mass is 414 g/mol. The van der Waals surface area contributed by atoms with Gasteiger partial charge in [0.05, 0.1) is 27.5 Å². The topological polar surface area (TPSA) is 92.1 Å². The smallest absolute Gasteiger partial charge is 0.231 e. The summed E-state index contributed by atoms with van der Waals surface area (Å²) in [6.07, 6.45) is 1.64. The summed E-state index contributed by atoms with van der Waals surface area (Å²) in [5, 5.41) is 11.5. The van der Waals surface area contributed by atoms with Crippen molar-refractivity contribution in [1.29, 1.82) is 0 Å². The van der Waals surface area contributed by atoms with Gasteiger partial charge in [-0.2, -0.15) is 14.9 Å². The van der Waals surface area contributed by atoms with Crippen molar-refractivity contribution in [3.63, 3.8) is 0 Å². The summed E-state index contributed by atoms with van der Waals surface area (Å²) >= 11 is 5.33. The fraction of sp³-hybridized carbons (Fsp3) is 0.211. The van der Waals surface area contributed by atoms with Crippen LogP contribution in [0.25, 0.3) is 11.4 Å². The molecule has 0 saturated heterocycles. The van der Waals surface area contributed by atoms with Crippen molar-refractivity contribution in [2.45, 2.75) is 0 Å². The van der Waals surface area contributed by atoms with Crippen LogP contribution in [0.3, 0.4) is 0 Å². The van der Waals surface area contributed by atoms with Gasteiger partial charge in [-0.15, -0.1) is 0 Å². The Labute approximate surface area is 171 Å². The Morgan fingerprint density at radius 1 is 1.07 bits per heavy atom. The van der Waals surface area contributed by atoms with Crippen molar-refractivity contribution in [1.82, 2.24) is 14.9 Å². The highest BCUT2D eigenvalue weighted by atomic mass is 32.1. The molecule has 10 heteroatoms. The third kappa shape index (κ3) is 3.49. The molecule has 0 aliphatic carbocycles. The molecule has 0 atom stereocenters. The maximum Gasteiger partial charge on any atom is 0.231 e. The molecular weight excluding hydrogens is 396 g/mol. The Morgan fingerprint density at radius 2 is 1.86 bits per heavy atom. The van der Waals surface area contributed by atoms with Gasteiger partial charge < -0.3 is 23.7 Å². The summed E-state index contributed by atoms with van der Waals surface area (Å²) in [6, 6.07) is 9.06. The standard InChI is InChI=1S/C19H18N4O5S/c1-24-13-5-4-12(8-14(13)25-2)18-21-22-19(29)23(18)20-9-11-6-15(26-3)17-16(7-11)27-10-28-17/h4-9H,10H2,1-3H3,(H,22,29)/b20-9-. The largest absolute Gasteiger partial charge is 0.493 e. The van der Waals surface area contributed by atoms with Crippen molar-refractivity contribution in [3.8, 4) is 40.1 Å². The zero-order valence-corrected chi connectivity index (χ0v) is 16.8. The summed E-state index contributed by atoms with van der Waals surface area (Å²) in [4.78, 5) is 0. The number of nitrogens with one attached hydrogen (secondary N) is 1. The summed E-state index contributed by atoms with van der Waals surface area (Å²) in [6.45, 7) is 0.155. The second-order valence-corrected chi connectivity index (χ2v) is 6.32. The van der Waals surface area contributed by atoms with Crippen molar-refractivity contribution in [2.75, 3.05) is 28.1 Å². The number of nitrogens with zero attached hydrogens (tertiary/aromatic N) is 3. The zero-order valence-electron chi connectivity index (χ0n) is 16.0. The SMILES string of the molecule is COc1ccc(-c2n[nH]c(=S)n2/N=C\c2cc(OC)c3c(c2)OCO3)cc1OC. The molecule has 4 rings (SSSR count). The van der Waals surface area contributed by atoms with E-state index >= 15 is 0 Å². The lowest BCUT2D eigenvalue weighted by Gasteiger charge is -2.09. The highest BCUT2D eigenvalue weighted by Crippen LogP contribution is 2.41. The molecule has 1 aromatic heterocycles. The third-order valence-electron chi connectivity index (χ3n) is 4.30. The van der Waals surface area contributed by atoms with Crippen molar-refractivity contribution in [2.24, 2.45) is 5.10 Å². The second kappa shape index (κ2) is 7.84. The van der Waals surface area contributed by atoms with E-state index < -0.39 is 0 Å². The van der Waals surface area contributed by atoms with Crippen molar-refractivity contribution in [3.05, 3.63) is 40.7 Å². The van der Waals surface area contributed by atoms with E-state index in [1.165, 1.54) is 4.68 Å². The van der Waals surface area contributed by atoms with Crippen molar-refractivity contribution < 1.29 is 23.7 Å². The number of benzene rings is 2. The van der Waals surface area contributed by atoms with Gasteiger partial charge in [0.15, 0.2) is 28.8 Å². The Hall–Kier alpha value is -3.53. The molecule has 3 aromatic rings. The molecule has 1 N–H and O–H groups in total. The van der Waals surface area contributed by atoms with Crippen LogP contribution in [0, 0.1) is 4.77 Å². The number of aromatic nitrogens is 3. The lowest BCUT2D eigenvalue weighted by atomic mass is 10.2. The van der Waals surface area contributed by atoms with Gasteiger partial charge in [0.1, 0.15) is 0 Å². The van der Waals surface area contributed by atoms with Gasteiger partial charge in [-0.1, -0.05) is 0 Å². The maximum atomic E-state index is 5.45. The first-order chi connectivity index (χ1) is 14.1. The fourth-order valence-electron chi connectivity index (χ4n) is 2.91. The summed E-state index contributed by atoms with van der Waals surface area (Å²) in [5.74, 6) is 3.47. The van der Waals surface area contributed by atoms with Crippen LogP contribution in [-0.2, 0) is 0 Å². The summed E-state index contributed by atoms with van der Waals surface area (Å²) < 4.78 is 28.7. The van der Waals surface area contributed by atoms with Crippen LogP contribution in [0.2, 0.25) is 0 Å². The number of fused-ring (bicyclic) bond motifs is 1. The summed E-state index contributed by atoms with van der Waals surface area (Å²) in [7, 11) is 4.72. The minimum absolute atomic E-state index is 0.155. The highest BCUT2D eigenvalue weighted by molar-refractivity contribution is 7.71. The fourth-order valence-corrected chi connectivity index (χ4v) is 3.09. The Morgan fingerprint density at radius 3 is 2.62 bits per heavy atom. The van der Waals surface area contributed by atoms with E-state index in [0.29, 0.717) is 39.3 Å². The van der Waals surface area contributed by atoms with E-state index in [4.69, 9.17) is 35.9 Å². The van der Waals surface area contributed by atoms with Gasteiger partial charge in [-0.25, -0.2) is 5.10 Å². The molecule has 0 radical (unpaired) electrons. The van der Waals surface area contributed by atoms with Gasteiger partial charge in [-0.3, -0.25) is 0 Å². The molecule has 29 heavy (non-hydrogen) atoms. The van der Waals surface area contributed by atoms with Crippen LogP contribution in [0.1, 0.15) is 5.56 Å². The molecule has 2 aromatic carbocycles. The van der Waals surface area contributed by atoms with Crippen LogP contribution in [0.5, 0.6) is 28.7 Å². The van der Waals surface area contributed by atoms with E-state index in [2.05, 4.69) is 15.3 Å². The molecule has 0 saturated carbocycles. The van der Waals surface area contributed by atoms with E-state index in [1.54, 1.807) is 45.7 Å². The first-order valence-corrected chi connectivity index (χ1v) is 8.97.